The van der Waals surface area contributed by atoms with Crippen LogP contribution in [-0.4, -0.2) is 28.6 Å². The molecule has 1 unspecified atom stereocenters. The number of aromatic nitrogens is 1. The average Bonchev–Trinajstić information content (AvgIpc) is 3.32. The molecule has 1 saturated heterocycles. The van der Waals surface area contributed by atoms with Crippen LogP contribution in [0.15, 0.2) is 71.3 Å². The third kappa shape index (κ3) is 3.33. The highest BCUT2D eigenvalue weighted by atomic mass is 16.5. The molecule has 1 amide bonds. The van der Waals surface area contributed by atoms with Crippen LogP contribution in [0.5, 0.6) is 0 Å². The van der Waals surface area contributed by atoms with E-state index < -0.39 is 0 Å². The van der Waals surface area contributed by atoms with E-state index in [4.69, 9.17) is 4.52 Å². The van der Waals surface area contributed by atoms with Gasteiger partial charge in [-0.25, -0.2) is 0 Å². The van der Waals surface area contributed by atoms with E-state index in [1.54, 1.807) is 6.07 Å². The maximum Gasteiger partial charge on any atom is 0.276 e. The summed E-state index contributed by atoms with van der Waals surface area (Å²) in [4.78, 5) is 14.8. The summed E-state index contributed by atoms with van der Waals surface area (Å²) in [5.74, 6) is 0.590. The largest absolute Gasteiger partial charge is 0.355 e. The van der Waals surface area contributed by atoms with E-state index in [0.29, 0.717) is 11.5 Å². The fourth-order valence-electron chi connectivity index (χ4n) is 3.46. The smallest absolute Gasteiger partial charge is 0.276 e. The molecule has 4 nitrogen and oxygen atoms in total. The number of rotatable bonds is 4. The minimum Gasteiger partial charge on any atom is -0.355 e. The molecular weight excluding hydrogens is 312 g/mol. The lowest BCUT2D eigenvalue weighted by Gasteiger charge is -2.23. The van der Waals surface area contributed by atoms with E-state index in [1.807, 2.05) is 53.4 Å². The standard InChI is InChI=1S/C21H20N2O2/c24-21(19-15-20(25-22-19)17-10-5-2-6-11-17)23-13-7-12-18(23)14-16-8-3-1-4-9-16/h1-6,8-11,15,18H,7,12-14H2. The molecule has 4 rings (SSSR count). The summed E-state index contributed by atoms with van der Waals surface area (Å²) < 4.78 is 5.39. The van der Waals surface area contributed by atoms with Gasteiger partial charge in [-0.2, -0.15) is 0 Å². The summed E-state index contributed by atoms with van der Waals surface area (Å²) in [5.41, 5.74) is 2.58. The fourth-order valence-corrected chi connectivity index (χ4v) is 3.46. The van der Waals surface area contributed by atoms with E-state index in [-0.39, 0.29) is 11.9 Å². The van der Waals surface area contributed by atoms with Crippen molar-refractivity contribution in [2.24, 2.45) is 0 Å². The van der Waals surface area contributed by atoms with Crippen molar-refractivity contribution in [1.29, 1.82) is 0 Å². The van der Waals surface area contributed by atoms with Crippen molar-refractivity contribution in [3.8, 4) is 11.3 Å². The van der Waals surface area contributed by atoms with Crippen LogP contribution in [0.25, 0.3) is 11.3 Å². The van der Waals surface area contributed by atoms with Crippen molar-refractivity contribution >= 4 is 5.91 Å². The first-order chi connectivity index (χ1) is 12.3. The number of carbonyl (C=O) groups is 1. The minimum atomic E-state index is -0.0376. The Morgan fingerprint density at radius 2 is 1.80 bits per heavy atom. The number of amides is 1. The molecule has 0 saturated carbocycles. The van der Waals surface area contributed by atoms with Crippen molar-refractivity contribution < 1.29 is 9.32 Å². The molecule has 2 heterocycles. The molecule has 1 atom stereocenters. The fraction of sp³-hybridized carbons (Fsp3) is 0.238. The van der Waals surface area contributed by atoms with Crippen molar-refractivity contribution in [3.05, 3.63) is 78.0 Å². The molecule has 0 N–H and O–H groups in total. The molecule has 0 bridgehead atoms. The lowest BCUT2D eigenvalue weighted by atomic mass is 10.0. The summed E-state index contributed by atoms with van der Waals surface area (Å²) in [6.45, 7) is 0.782. The van der Waals surface area contributed by atoms with Gasteiger partial charge in [0.1, 0.15) is 0 Å². The molecule has 1 fully saturated rings. The Hall–Kier alpha value is -2.88. The van der Waals surface area contributed by atoms with Crippen molar-refractivity contribution in [3.63, 3.8) is 0 Å². The predicted molar refractivity (Wildman–Crippen MR) is 96.1 cm³/mol. The maximum atomic E-state index is 12.9. The van der Waals surface area contributed by atoms with Gasteiger partial charge in [-0.3, -0.25) is 4.79 Å². The van der Waals surface area contributed by atoms with E-state index in [9.17, 15) is 4.79 Å². The van der Waals surface area contributed by atoms with Gasteiger partial charge < -0.3 is 9.42 Å². The number of hydrogen-bond donors (Lipinski definition) is 0. The highest BCUT2D eigenvalue weighted by Gasteiger charge is 2.31. The third-order valence-electron chi connectivity index (χ3n) is 4.74. The van der Waals surface area contributed by atoms with Gasteiger partial charge in [-0.05, 0) is 24.8 Å². The Bertz CT molecular complexity index is 843. The Morgan fingerprint density at radius 3 is 2.56 bits per heavy atom. The topological polar surface area (TPSA) is 46.3 Å². The van der Waals surface area contributed by atoms with E-state index in [1.165, 1.54) is 5.56 Å². The molecule has 1 aliphatic rings. The SMILES string of the molecule is O=C(c1cc(-c2ccccc2)on1)N1CCCC1Cc1ccccc1. The number of nitrogens with zero attached hydrogens (tertiary/aromatic N) is 2. The molecule has 4 heteroatoms. The normalized spacial score (nSPS) is 17.0. The summed E-state index contributed by atoms with van der Waals surface area (Å²) in [5, 5.41) is 4.01. The summed E-state index contributed by atoms with van der Waals surface area (Å²) in [7, 11) is 0. The molecule has 25 heavy (non-hydrogen) atoms. The van der Waals surface area contributed by atoms with Gasteiger partial charge in [-0.1, -0.05) is 65.8 Å². The van der Waals surface area contributed by atoms with Crippen LogP contribution in [-0.2, 0) is 6.42 Å². The summed E-state index contributed by atoms with van der Waals surface area (Å²) >= 11 is 0. The van der Waals surface area contributed by atoms with Crippen LogP contribution in [0.1, 0.15) is 28.9 Å². The van der Waals surface area contributed by atoms with Gasteiger partial charge in [0.2, 0.25) is 0 Å². The Morgan fingerprint density at radius 1 is 1.08 bits per heavy atom. The lowest BCUT2D eigenvalue weighted by molar-refractivity contribution is 0.0726. The van der Waals surface area contributed by atoms with Crippen LogP contribution in [0.3, 0.4) is 0 Å². The molecule has 0 radical (unpaired) electrons. The third-order valence-corrected chi connectivity index (χ3v) is 4.74. The minimum absolute atomic E-state index is 0.0376. The van der Waals surface area contributed by atoms with Crippen LogP contribution in [0.4, 0.5) is 0 Å². The van der Waals surface area contributed by atoms with E-state index >= 15 is 0 Å². The summed E-state index contributed by atoms with van der Waals surface area (Å²) in [6, 6.07) is 22.0. The first-order valence-corrected chi connectivity index (χ1v) is 8.68. The monoisotopic (exact) mass is 332 g/mol. The molecule has 1 aliphatic heterocycles. The van der Waals surface area contributed by atoms with Gasteiger partial charge in [0.15, 0.2) is 11.5 Å². The van der Waals surface area contributed by atoms with Crippen molar-refractivity contribution in [2.75, 3.05) is 6.54 Å². The van der Waals surface area contributed by atoms with Gasteiger partial charge in [0, 0.05) is 24.2 Å². The first-order valence-electron chi connectivity index (χ1n) is 8.68. The van der Waals surface area contributed by atoms with Gasteiger partial charge in [-0.15, -0.1) is 0 Å². The van der Waals surface area contributed by atoms with Gasteiger partial charge in [0.25, 0.3) is 5.91 Å². The molecule has 1 aromatic heterocycles. The number of benzene rings is 2. The van der Waals surface area contributed by atoms with E-state index in [2.05, 4.69) is 17.3 Å². The Balaban J connectivity index is 1.51. The second-order valence-corrected chi connectivity index (χ2v) is 6.43. The highest BCUT2D eigenvalue weighted by Crippen LogP contribution is 2.25. The number of likely N-dealkylation sites (tertiary alicyclic amines) is 1. The first kappa shape index (κ1) is 15.6. The number of hydrogen-bond acceptors (Lipinski definition) is 3. The zero-order valence-corrected chi connectivity index (χ0v) is 14.0. The average molecular weight is 332 g/mol. The van der Waals surface area contributed by atoms with E-state index in [0.717, 1.165) is 31.4 Å². The second kappa shape index (κ2) is 6.93. The van der Waals surface area contributed by atoms with Crippen LogP contribution >= 0.6 is 0 Å². The second-order valence-electron chi connectivity index (χ2n) is 6.43. The molecule has 0 spiro atoms. The zero-order chi connectivity index (χ0) is 17.1. The van der Waals surface area contributed by atoms with Crippen LogP contribution in [0, 0.1) is 0 Å². The Labute approximate surface area is 147 Å². The quantitative estimate of drug-likeness (QED) is 0.720. The van der Waals surface area contributed by atoms with Crippen molar-refractivity contribution in [1.82, 2.24) is 10.1 Å². The molecular formula is C21H20N2O2. The predicted octanol–water partition coefficient (Wildman–Crippen LogP) is 4.19. The number of carbonyl (C=O) groups excluding carboxylic acids is 1. The summed E-state index contributed by atoms with van der Waals surface area (Å²) in [6.07, 6.45) is 2.95. The zero-order valence-electron chi connectivity index (χ0n) is 14.0. The van der Waals surface area contributed by atoms with Gasteiger partial charge >= 0.3 is 0 Å². The Kier molecular flexibility index (Phi) is 4.34. The highest BCUT2D eigenvalue weighted by molar-refractivity contribution is 5.93. The van der Waals surface area contributed by atoms with Crippen LogP contribution < -0.4 is 0 Å². The lowest BCUT2D eigenvalue weighted by Crippen LogP contribution is -2.37. The van der Waals surface area contributed by atoms with Crippen LogP contribution in [0.2, 0.25) is 0 Å². The molecule has 126 valence electrons. The van der Waals surface area contributed by atoms with Crippen molar-refractivity contribution in [2.45, 2.75) is 25.3 Å². The maximum absolute atomic E-state index is 12.9. The van der Waals surface area contributed by atoms with Gasteiger partial charge in [0.05, 0.1) is 0 Å². The molecule has 3 aromatic rings. The molecule has 2 aromatic carbocycles. The molecule has 0 aliphatic carbocycles.